The third-order valence-corrected chi connectivity index (χ3v) is 2.26. The second-order valence-corrected chi connectivity index (χ2v) is 3.39. The summed E-state index contributed by atoms with van der Waals surface area (Å²) in [7, 11) is 0. The summed E-state index contributed by atoms with van der Waals surface area (Å²) in [6.45, 7) is 1.66. The standard InChI is InChI=1S/C10H8ClNO5/c1-2-17-10(14)7-4-8(11)6(5-13)3-9(7)12(15)16/h3-5H,2H2,1H3. The number of nitro benzene ring substituents is 1. The van der Waals surface area contributed by atoms with Gasteiger partial charge in [-0.2, -0.15) is 0 Å². The van der Waals surface area contributed by atoms with Crippen LogP contribution >= 0.6 is 11.6 Å². The lowest BCUT2D eigenvalue weighted by molar-refractivity contribution is -0.385. The molecule has 0 bridgehead atoms. The SMILES string of the molecule is CCOC(=O)c1cc(Cl)c(C=O)cc1[N+](=O)[O-]. The van der Waals surface area contributed by atoms with Crippen LogP contribution in [-0.2, 0) is 4.74 Å². The Morgan fingerprint density at radius 2 is 2.24 bits per heavy atom. The van der Waals surface area contributed by atoms with E-state index in [9.17, 15) is 19.7 Å². The molecule has 0 unspecified atom stereocenters. The second-order valence-electron chi connectivity index (χ2n) is 2.99. The van der Waals surface area contributed by atoms with Crippen molar-refractivity contribution in [1.82, 2.24) is 0 Å². The molecule has 0 aromatic heterocycles. The first-order chi connectivity index (χ1) is 8.01. The van der Waals surface area contributed by atoms with Crippen LogP contribution < -0.4 is 0 Å². The highest BCUT2D eigenvalue weighted by atomic mass is 35.5. The van der Waals surface area contributed by atoms with Gasteiger partial charge in [-0.25, -0.2) is 4.79 Å². The third-order valence-electron chi connectivity index (χ3n) is 1.93. The molecule has 0 saturated heterocycles. The summed E-state index contributed by atoms with van der Waals surface area (Å²) >= 11 is 5.69. The molecule has 90 valence electrons. The van der Waals surface area contributed by atoms with E-state index in [1.807, 2.05) is 0 Å². The summed E-state index contributed by atoms with van der Waals surface area (Å²) in [6, 6.07) is 2.00. The number of ether oxygens (including phenoxy) is 1. The Hall–Kier alpha value is -1.95. The van der Waals surface area contributed by atoms with Crippen LogP contribution in [0.2, 0.25) is 5.02 Å². The molecule has 0 atom stereocenters. The first kappa shape index (κ1) is 13.1. The predicted octanol–water partition coefficient (Wildman–Crippen LogP) is 2.24. The number of carbonyl (C=O) groups is 2. The Kier molecular flexibility index (Phi) is 4.17. The van der Waals surface area contributed by atoms with E-state index in [0.29, 0.717) is 6.29 Å². The quantitative estimate of drug-likeness (QED) is 0.357. The summed E-state index contributed by atoms with van der Waals surface area (Å²) in [5, 5.41) is 10.7. The van der Waals surface area contributed by atoms with E-state index in [-0.39, 0.29) is 22.8 Å². The van der Waals surface area contributed by atoms with E-state index in [4.69, 9.17) is 11.6 Å². The van der Waals surface area contributed by atoms with Crippen LogP contribution in [0.1, 0.15) is 27.6 Å². The minimum absolute atomic E-state index is 0.0337. The van der Waals surface area contributed by atoms with Gasteiger partial charge in [0.05, 0.1) is 16.6 Å². The van der Waals surface area contributed by atoms with Crippen LogP contribution in [0.25, 0.3) is 0 Å². The molecule has 0 amide bonds. The van der Waals surface area contributed by atoms with Gasteiger partial charge in [-0.15, -0.1) is 0 Å². The van der Waals surface area contributed by atoms with Gasteiger partial charge in [0.1, 0.15) is 5.56 Å². The van der Waals surface area contributed by atoms with Gasteiger partial charge in [0.2, 0.25) is 0 Å². The Bertz CT molecular complexity index is 486. The molecule has 1 aromatic carbocycles. The van der Waals surface area contributed by atoms with E-state index in [1.165, 1.54) is 0 Å². The summed E-state index contributed by atoms with van der Waals surface area (Å²) < 4.78 is 4.66. The second kappa shape index (κ2) is 5.40. The minimum atomic E-state index is -0.849. The molecular formula is C10H8ClNO5. The van der Waals surface area contributed by atoms with Crippen LogP contribution in [0.15, 0.2) is 12.1 Å². The summed E-state index contributed by atoms with van der Waals surface area (Å²) in [6.07, 6.45) is 0.379. The molecule has 0 aliphatic carbocycles. The summed E-state index contributed by atoms with van der Waals surface area (Å²) in [4.78, 5) is 32.0. The van der Waals surface area contributed by atoms with Gasteiger partial charge in [0.15, 0.2) is 6.29 Å². The maximum absolute atomic E-state index is 11.4. The van der Waals surface area contributed by atoms with Crippen molar-refractivity contribution in [2.75, 3.05) is 6.61 Å². The summed E-state index contributed by atoms with van der Waals surface area (Å²) in [5.74, 6) is -0.849. The number of aldehydes is 1. The Morgan fingerprint density at radius 3 is 2.71 bits per heavy atom. The molecule has 0 spiro atoms. The third kappa shape index (κ3) is 2.79. The van der Waals surface area contributed by atoms with Gasteiger partial charge in [-0.1, -0.05) is 11.6 Å². The monoisotopic (exact) mass is 257 g/mol. The fourth-order valence-corrected chi connectivity index (χ4v) is 1.40. The molecule has 0 aliphatic rings. The number of esters is 1. The maximum Gasteiger partial charge on any atom is 0.345 e. The Balaban J connectivity index is 3.37. The highest BCUT2D eigenvalue weighted by Gasteiger charge is 2.23. The van der Waals surface area contributed by atoms with Crippen molar-refractivity contribution in [3.05, 3.63) is 38.4 Å². The number of benzene rings is 1. The molecule has 0 heterocycles. The topological polar surface area (TPSA) is 86.5 Å². The van der Waals surface area contributed by atoms with Crippen molar-refractivity contribution in [3.8, 4) is 0 Å². The number of hydrogen-bond donors (Lipinski definition) is 0. The molecule has 7 heteroatoms. The van der Waals surface area contributed by atoms with Crippen LogP contribution in [0, 0.1) is 10.1 Å². The largest absolute Gasteiger partial charge is 0.462 e. The number of rotatable bonds is 4. The smallest absolute Gasteiger partial charge is 0.345 e. The van der Waals surface area contributed by atoms with Gasteiger partial charge < -0.3 is 4.74 Å². The zero-order chi connectivity index (χ0) is 13.0. The first-order valence-corrected chi connectivity index (χ1v) is 4.99. The zero-order valence-electron chi connectivity index (χ0n) is 8.81. The van der Waals surface area contributed by atoms with Crippen LogP contribution in [0.4, 0.5) is 5.69 Å². The number of hydrogen-bond acceptors (Lipinski definition) is 5. The van der Waals surface area contributed by atoms with E-state index >= 15 is 0 Å². The van der Waals surface area contributed by atoms with Gasteiger partial charge in [-0.05, 0) is 13.0 Å². The highest BCUT2D eigenvalue weighted by molar-refractivity contribution is 6.33. The van der Waals surface area contributed by atoms with Crippen molar-refractivity contribution >= 4 is 29.5 Å². The molecule has 0 aliphatic heterocycles. The van der Waals surface area contributed by atoms with E-state index in [2.05, 4.69) is 4.74 Å². The fourth-order valence-electron chi connectivity index (χ4n) is 1.19. The molecule has 1 rings (SSSR count). The van der Waals surface area contributed by atoms with E-state index in [1.54, 1.807) is 6.92 Å². The van der Waals surface area contributed by atoms with E-state index < -0.39 is 16.6 Å². The average Bonchev–Trinajstić information content (AvgIpc) is 2.28. The molecule has 0 radical (unpaired) electrons. The maximum atomic E-state index is 11.4. The van der Waals surface area contributed by atoms with Crippen molar-refractivity contribution in [2.45, 2.75) is 6.92 Å². The molecule has 0 saturated carbocycles. The lowest BCUT2D eigenvalue weighted by Crippen LogP contribution is -2.08. The van der Waals surface area contributed by atoms with Crippen molar-refractivity contribution in [2.24, 2.45) is 0 Å². The number of halogens is 1. The lowest BCUT2D eigenvalue weighted by atomic mass is 10.1. The van der Waals surface area contributed by atoms with Gasteiger partial charge in [-0.3, -0.25) is 14.9 Å². The van der Waals surface area contributed by atoms with Crippen molar-refractivity contribution in [3.63, 3.8) is 0 Å². The molecule has 17 heavy (non-hydrogen) atoms. The normalized spacial score (nSPS) is 9.76. The van der Waals surface area contributed by atoms with Gasteiger partial charge in [0, 0.05) is 11.6 Å². The van der Waals surface area contributed by atoms with Crippen molar-refractivity contribution in [1.29, 1.82) is 0 Å². The summed E-state index contributed by atoms with van der Waals surface area (Å²) in [5.41, 5.74) is -0.825. The molecule has 0 N–H and O–H groups in total. The fraction of sp³-hybridized carbons (Fsp3) is 0.200. The molecule has 6 nitrogen and oxygen atoms in total. The molecule has 0 fully saturated rings. The van der Waals surface area contributed by atoms with Crippen LogP contribution in [0.5, 0.6) is 0 Å². The minimum Gasteiger partial charge on any atom is -0.462 e. The Morgan fingerprint density at radius 1 is 1.59 bits per heavy atom. The number of nitrogens with zero attached hydrogens (tertiary/aromatic N) is 1. The van der Waals surface area contributed by atoms with E-state index in [0.717, 1.165) is 12.1 Å². The number of nitro groups is 1. The first-order valence-electron chi connectivity index (χ1n) is 4.61. The van der Waals surface area contributed by atoms with Crippen LogP contribution in [-0.4, -0.2) is 23.8 Å². The molecular weight excluding hydrogens is 250 g/mol. The zero-order valence-corrected chi connectivity index (χ0v) is 9.56. The van der Waals surface area contributed by atoms with Crippen LogP contribution in [0.3, 0.4) is 0 Å². The predicted molar refractivity (Wildman–Crippen MR) is 59.5 cm³/mol. The van der Waals surface area contributed by atoms with Crippen molar-refractivity contribution < 1.29 is 19.2 Å². The number of carbonyl (C=O) groups excluding carboxylic acids is 2. The highest BCUT2D eigenvalue weighted by Crippen LogP contribution is 2.26. The molecule has 1 aromatic rings. The van der Waals surface area contributed by atoms with Gasteiger partial charge >= 0.3 is 5.97 Å². The van der Waals surface area contributed by atoms with Gasteiger partial charge in [0.25, 0.3) is 5.69 Å². The Labute approximate surface area is 101 Å². The average molecular weight is 258 g/mol. The lowest BCUT2D eigenvalue weighted by Gasteiger charge is -2.04.